The number of benzene rings is 2. The number of piperidine rings is 1. The molecule has 0 saturated carbocycles. The predicted octanol–water partition coefficient (Wildman–Crippen LogP) is 3.54. The van der Waals surface area contributed by atoms with Crippen LogP contribution >= 0.6 is 11.3 Å². The van der Waals surface area contributed by atoms with Crippen LogP contribution in [0.15, 0.2) is 59.4 Å². The number of fused-ring (bicyclic) bond motifs is 1. The SMILES string of the molecule is Cc1ccc(CNC(=O)c2cc3nc(N4CCC[C@@H](N)C4)n(Cc4ccccc4C#N)c(=O)c3s2)cc1. The molecule has 1 aliphatic rings. The highest BCUT2D eigenvalue weighted by atomic mass is 32.1. The number of nitrogens with one attached hydrogen (secondary N) is 1. The number of anilines is 1. The summed E-state index contributed by atoms with van der Waals surface area (Å²) in [5, 5.41) is 12.5. The van der Waals surface area contributed by atoms with E-state index >= 15 is 0 Å². The third-order valence-electron chi connectivity index (χ3n) is 6.62. The highest BCUT2D eigenvalue weighted by Gasteiger charge is 2.24. The first kappa shape index (κ1) is 24.7. The van der Waals surface area contributed by atoms with Crippen LogP contribution in [-0.4, -0.2) is 34.6 Å². The van der Waals surface area contributed by atoms with Crippen molar-refractivity contribution in [2.75, 3.05) is 18.0 Å². The standard InChI is InChI=1S/C28H28N6O2S/c1-18-8-10-19(11-9-18)15-31-26(35)24-13-23-25(37-24)27(36)34(16-21-6-3-2-5-20(21)14-29)28(32-23)33-12-4-7-22(30)17-33/h2-3,5-6,8-11,13,22H,4,7,12,15-17,30H2,1H3,(H,31,35)/t22-/m1/s1. The summed E-state index contributed by atoms with van der Waals surface area (Å²) >= 11 is 1.14. The van der Waals surface area contributed by atoms with Crippen LogP contribution < -0.4 is 21.5 Å². The zero-order valence-corrected chi connectivity index (χ0v) is 21.4. The summed E-state index contributed by atoms with van der Waals surface area (Å²) in [6.07, 6.45) is 1.82. The average molecular weight is 513 g/mol. The highest BCUT2D eigenvalue weighted by Crippen LogP contribution is 2.26. The summed E-state index contributed by atoms with van der Waals surface area (Å²) in [6.45, 7) is 3.95. The molecule has 1 fully saturated rings. The van der Waals surface area contributed by atoms with Crippen LogP contribution in [0.5, 0.6) is 0 Å². The van der Waals surface area contributed by atoms with E-state index in [9.17, 15) is 14.9 Å². The molecule has 1 atom stereocenters. The lowest BCUT2D eigenvalue weighted by Gasteiger charge is -2.33. The number of rotatable bonds is 6. The molecule has 1 aliphatic heterocycles. The number of thiophene rings is 1. The molecule has 188 valence electrons. The van der Waals surface area contributed by atoms with Crippen LogP contribution in [0.4, 0.5) is 5.95 Å². The first-order valence-electron chi connectivity index (χ1n) is 12.3. The Kier molecular flexibility index (Phi) is 7.04. The Morgan fingerprint density at radius 2 is 2.03 bits per heavy atom. The molecule has 2 aromatic heterocycles. The van der Waals surface area contributed by atoms with E-state index < -0.39 is 0 Å². The zero-order chi connectivity index (χ0) is 25.9. The van der Waals surface area contributed by atoms with Gasteiger partial charge in [0.05, 0.1) is 28.6 Å². The number of aromatic nitrogens is 2. The van der Waals surface area contributed by atoms with E-state index in [2.05, 4.69) is 11.4 Å². The maximum Gasteiger partial charge on any atom is 0.273 e. The lowest BCUT2D eigenvalue weighted by molar-refractivity contribution is 0.0955. The van der Waals surface area contributed by atoms with Crippen molar-refractivity contribution in [2.24, 2.45) is 5.73 Å². The van der Waals surface area contributed by atoms with Gasteiger partial charge in [-0.25, -0.2) is 4.98 Å². The molecule has 9 heteroatoms. The largest absolute Gasteiger partial charge is 0.347 e. The third kappa shape index (κ3) is 5.26. The van der Waals surface area contributed by atoms with Crippen molar-refractivity contribution in [2.45, 2.75) is 38.9 Å². The fourth-order valence-electron chi connectivity index (χ4n) is 4.60. The van der Waals surface area contributed by atoms with Crippen LogP contribution in [0.1, 0.15) is 44.8 Å². The van der Waals surface area contributed by atoms with E-state index in [0.717, 1.165) is 47.4 Å². The number of amides is 1. The molecule has 0 unspecified atom stereocenters. The molecule has 2 aromatic carbocycles. The van der Waals surface area contributed by atoms with Crippen molar-refractivity contribution in [1.29, 1.82) is 5.26 Å². The fourth-order valence-corrected chi connectivity index (χ4v) is 5.56. The summed E-state index contributed by atoms with van der Waals surface area (Å²) < 4.78 is 2.03. The number of aryl methyl sites for hydroxylation is 1. The molecule has 1 saturated heterocycles. The lowest BCUT2D eigenvalue weighted by atomic mass is 10.1. The summed E-state index contributed by atoms with van der Waals surface area (Å²) in [4.78, 5) is 34.1. The predicted molar refractivity (Wildman–Crippen MR) is 146 cm³/mol. The van der Waals surface area contributed by atoms with E-state index in [1.165, 1.54) is 0 Å². The third-order valence-corrected chi connectivity index (χ3v) is 7.73. The number of nitrogens with two attached hydrogens (primary N) is 1. The minimum absolute atomic E-state index is 0.00761. The molecule has 0 radical (unpaired) electrons. The van der Waals surface area contributed by atoms with Crippen LogP contribution in [0.25, 0.3) is 10.2 Å². The van der Waals surface area contributed by atoms with E-state index in [-0.39, 0.29) is 24.1 Å². The molecule has 4 aromatic rings. The van der Waals surface area contributed by atoms with Crippen LogP contribution in [0, 0.1) is 18.3 Å². The van der Waals surface area contributed by atoms with Crippen molar-refractivity contribution in [3.8, 4) is 6.07 Å². The molecule has 5 rings (SSSR count). The highest BCUT2D eigenvalue weighted by molar-refractivity contribution is 7.20. The van der Waals surface area contributed by atoms with Gasteiger partial charge in [-0.15, -0.1) is 11.3 Å². The van der Waals surface area contributed by atoms with Crippen molar-refractivity contribution in [3.63, 3.8) is 0 Å². The monoisotopic (exact) mass is 512 g/mol. The summed E-state index contributed by atoms with van der Waals surface area (Å²) in [5.74, 6) is 0.274. The number of nitrogens with zero attached hydrogens (tertiary/aromatic N) is 4. The Labute approximate surface area is 219 Å². The van der Waals surface area contributed by atoms with Crippen molar-refractivity contribution in [1.82, 2.24) is 14.9 Å². The van der Waals surface area contributed by atoms with Crippen LogP contribution in [0.3, 0.4) is 0 Å². The minimum Gasteiger partial charge on any atom is -0.347 e. The van der Waals surface area contributed by atoms with E-state index in [0.29, 0.717) is 39.7 Å². The Balaban J connectivity index is 1.52. The van der Waals surface area contributed by atoms with Gasteiger partial charge < -0.3 is 16.0 Å². The molecule has 0 bridgehead atoms. The van der Waals surface area contributed by atoms with Crippen molar-refractivity contribution >= 4 is 33.4 Å². The molecule has 3 heterocycles. The van der Waals surface area contributed by atoms with Gasteiger partial charge in [-0.1, -0.05) is 48.0 Å². The second-order valence-corrected chi connectivity index (χ2v) is 10.5. The van der Waals surface area contributed by atoms with E-state index in [4.69, 9.17) is 10.7 Å². The van der Waals surface area contributed by atoms with Gasteiger partial charge in [-0.05, 0) is 43.0 Å². The number of nitriles is 1. The summed E-state index contributed by atoms with van der Waals surface area (Å²) in [5.41, 5.74) is 9.92. The van der Waals surface area contributed by atoms with E-state index in [1.807, 2.05) is 48.2 Å². The van der Waals surface area contributed by atoms with E-state index in [1.54, 1.807) is 22.8 Å². The maximum atomic E-state index is 13.8. The maximum absolute atomic E-state index is 13.8. The second kappa shape index (κ2) is 10.5. The van der Waals surface area contributed by atoms with Crippen molar-refractivity contribution < 1.29 is 4.79 Å². The first-order chi connectivity index (χ1) is 17.9. The molecule has 0 aliphatic carbocycles. The first-order valence-corrected chi connectivity index (χ1v) is 13.1. The molecule has 8 nitrogen and oxygen atoms in total. The van der Waals surface area contributed by atoms with Gasteiger partial charge in [0, 0.05) is 25.7 Å². The molecule has 0 spiro atoms. The minimum atomic E-state index is -0.245. The normalized spacial score (nSPS) is 15.5. The Morgan fingerprint density at radius 1 is 1.24 bits per heavy atom. The van der Waals surface area contributed by atoms with Gasteiger partial charge in [0.2, 0.25) is 5.95 Å². The van der Waals surface area contributed by atoms with Gasteiger partial charge in [0.15, 0.2) is 0 Å². The number of carbonyl (C=O) groups is 1. The number of hydrogen-bond donors (Lipinski definition) is 2. The van der Waals surface area contributed by atoms with Gasteiger partial charge in [-0.3, -0.25) is 14.2 Å². The average Bonchev–Trinajstić information content (AvgIpc) is 3.35. The summed E-state index contributed by atoms with van der Waals surface area (Å²) in [6, 6.07) is 19.1. The summed E-state index contributed by atoms with van der Waals surface area (Å²) in [7, 11) is 0. The molecule has 3 N–H and O–H groups in total. The molecular formula is C28H28N6O2S. The number of carbonyl (C=O) groups excluding carboxylic acids is 1. The Hall–Kier alpha value is -4.00. The zero-order valence-electron chi connectivity index (χ0n) is 20.6. The van der Waals surface area contributed by atoms with Crippen molar-refractivity contribution in [3.05, 3.63) is 92.1 Å². The fraction of sp³-hybridized carbons (Fsp3) is 0.286. The second-order valence-electron chi connectivity index (χ2n) is 9.41. The van der Waals surface area contributed by atoms with Crippen LogP contribution in [0.2, 0.25) is 0 Å². The topological polar surface area (TPSA) is 117 Å². The molecular weight excluding hydrogens is 484 g/mol. The van der Waals surface area contributed by atoms with Gasteiger partial charge in [0.1, 0.15) is 4.70 Å². The smallest absolute Gasteiger partial charge is 0.273 e. The van der Waals surface area contributed by atoms with Gasteiger partial charge in [0.25, 0.3) is 11.5 Å². The van der Waals surface area contributed by atoms with Crippen LogP contribution in [-0.2, 0) is 13.1 Å². The lowest BCUT2D eigenvalue weighted by Crippen LogP contribution is -2.45. The number of hydrogen-bond acceptors (Lipinski definition) is 7. The Bertz CT molecular complexity index is 1550. The quantitative estimate of drug-likeness (QED) is 0.408. The Morgan fingerprint density at radius 3 is 2.78 bits per heavy atom. The molecule has 1 amide bonds. The molecule has 37 heavy (non-hydrogen) atoms. The van der Waals surface area contributed by atoms with Gasteiger partial charge in [-0.2, -0.15) is 5.26 Å². The van der Waals surface area contributed by atoms with Gasteiger partial charge >= 0.3 is 0 Å².